The summed E-state index contributed by atoms with van der Waals surface area (Å²) < 4.78 is 33.6. The van der Waals surface area contributed by atoms with Crippen LogP contribution in [0.5, 0.6) is 0 Å². The molecule has 0 heterocycles. The molecule has 0 saturated carbocycles. The lowest BCUT2D eigenvalue weighted by Gasteiger charge is -2.10. The number of unbranched alkanes of at least 4 members (excludes halogenated alkanes) is 9. The molecular weight excluding hydrogens is 376 g/mol. The lowest BCUT2D eigenvalue weighted by atomic mass is 10.0. The van der Waals surface area contributed by atoms with Crippen LogP contribution in [0, 0.1) is 0 Å². The van der Waals surface area contributed by atoms with E-state index in [0.29, 0.717) is 4.47 Å². The Morgan fingerprint density at radius 2 is 1.43 bits per heavy atom. The van der Waals surface area contributed by atoms with Gasteiger partial charge in [0.05, 0.1) is 4.90 Å². The van der Waals surface area contributed by atoms with Crippen LogP contribution in [0.25, 0.3) is 0 Å². The molecule has 5 heteroatoms. The van der Waals surface area contributed by atoms with Gasteiger partial charge in [0.1, 0.15) is 10.1 Å². The number of halogens is 1. The van der Waals surface area contributed by atoms with Crippen LogP contribution < -0.4 is 0 Å². The highest BCUT2D eigenvalue weighted by atomic mass is 79.9. The van der Waals surface area contributed by atoms with E-state index in [4.69, 9.17) is 0 Å². The van der Waals surface area contributed by atoms with E-state index < -0.39 is 10.1 Å². The van der Waals surface area contributed by atoms with Crippen molar-refractivity contribution >= 4 is 26.0 Å². The summed E-state index contributed by atoms with van der Waals surface area (Å²) in [6, 6.07) is 4.55. The number of hydrogen-bond acceptors (Lipinski definition) is 3. The summed E-state index contributed by atoms with van der Waals surface area (Å²) in [7, 11) is -4.37. The molecule has 0 radical (unpaired) electrons. The highest BCUT2D eigenvalue weighted by Gasteiger charge is 2.06. The SMILES string of the molecule is CCCCCCCCCCCCc1ccc(S(=O)(=O)[O-])cc1Br. The van der Waals surface area contributed by atoms with Crippen molar-refractivity contribution in [1.82, 2.24) is 0 Å². The molecule has 132 valence electrons. The van der Waals surface area contributed by atoms with Gasteiger partial charge in [-0.1, -0.05) is 86.7 Å². The van der Waals surface area contributed by atoms with Crippen LogP contribution in [0.4, 0.5) is 0 Å². The summed E-state index contributed by atoms with van der Waals surface area (Å²) >= 11 is 3.36. The van der Waals surface area contributed by atoms with Crippen molar-refractivity contribution in [3.63, 3.8) is 0 Å². The molecule has 0 N–H and O–H groups in total. The van der Waals surface area contributed by atoms with Crippen molar-refractivity contribution in [1.29, 1.82) is 0 Å². The molecule has 1 rings (SSSR count). The molecule has 0 aliphatic carbocycles. The number of aryl methyl sites for hydroxylation is 1. The van der Waals surface area contributed by atoms with E-state index in [9.17, 15) is 13.0 Å². The van der Waals surface area contributed by atoms with Gasteiger partial charge in [-0.05, 0) is 30.5 Å². The Morgan fingerprint density at radius 1 is 0.913 bits per heavy atom. The third-order valence-corrected chi connectivity index (χ3v) is 5.68. The smallest absolute Gasteiger partial charge is 0.124 e. The van der Waals surface area contributed by atoms with Crippen LogP contribution >= 0.6 is 15.9 Å². The minimum absolute atomic E-state index is 0.170. The topological polar surface area (TPSA) is 57.2 Å². The van der Waals surface area contributed by atoms with Crippen LogP contribution in [0.2, 0.25) is 0 Å². The van der Waals surface area contributed by atoms with Crippen molar-refractivity contribution in [2.75, 3.05) is 0 Å². The van der Waals surface area contributed by atoms with Crippen molar-refractivity contribution in [3.8, 4) is 0 Å². The molecule has 0 saturated heterocycles. The van der Waals surface area contributed by atoms with Gasteiger partial charge < -0.3 is 4.55 Å². The van der Waals surface area contributed by atoms with Gasteiger partial charge in [-0.3, -0.25) is 0 Å². The van der Waals surface area contributed by atoms with E-state index in [1.54, 1.807) is 6.07 Å². The fourth-order valence-electron chi connectivity index (χ4n) is 2.69. The second-order valence-corrected chi connectivity index (χ2v) is 8.37. The van der Waals surface area contributed by atoms with Gasteiger partial charge in [-0.2, -0.15) is 0 Å². The molecule has 0 aliphatic rings. The fraction of sp³-hybridized carbons (Fsp3) is 0.667. The Kier molecular flexibility index (Phi) is 10.1. The second kappa shape index (κ2) is 11.2. The molecule has 0 amide bonds. The van der Waals surface area contributed by atoms with Crippen molar-refractivity contribution in [2.45, 2.75) is 82.4 Å². The summed E-state index contributed by atoms with van der Waals surface area (Å²) in [5.41, 5.74) is 1.07. The van der Waals surface area contributed by atoms with E-state index in [0.717, 1.165) is 18.4 Å². The Balaban J connectivity index is 2.17. The first kappa shape index (κ1) is 20.7. The third-order valence-electron chi connectivity index (χ3n) is 4.11. The second-order valence-electron chi connectivity index (χ2n) is 6.14. The molecule has 0 aliphatic heterocycles. The normalized spacial score (nSPS) is 11.8. The maximum Gasteiger partial charge on any atom is 0.124 e. The molecule has 0 atom stereocenters. The van der Waals surface area contributed by atoms with E-state index in [2.05, 4.69) is 22.9 Å². The van der Waals surface area contributed by atoms with Gasteiger partial charge in [-0.25, -0.2) is 8.42 Å². The largest absolute Gasteiger partial charge is 0.744 e. The Hall–Kier alpha value is -0.390. The number of benzene rings is 1. The van der Waals surface area contributed by atoms with Gasteiger partial charge in [0.15, 0.2) is 0 Å². The summed E-state index contributed by atoms with van der Waals surface area (Å²) in [6.07, 6.45) is 13.9. The van der Waals surface area contributed by atoms with E-state index >= 15 is 0 Å². The minimum atomic E-state index is -4.37. The fourth-order valence-corrected chi connectivity index (χ4v) is 3.91. The number of hydrogen-bond donors (Lipinski definition) is 0. The van der Waals surface area contributed by atoms with Gasteiger partial charge in [0.2, 0.25) is 0 Å². The predicted molar refractivity (Wildman–Crippen MR) is 97.7 cm³/mol. The van der Waals surface area contributed by atoms with Crippen LogP contribution in [0.1, 0.15) is 76.7 Å². The molecule has 0 spiro atoms. The van der Waals surface area contributed by atoms with Gasteiger partial charge in [0, 0.05) is 4.47 Å². The summed E-state index contributed by atoms with van der Waals surface area (Å²) in [6.45, 7) is 2.24. The first-order valence-electron chi connectivity index (χ1n) is 8.69. The van der Waals surface area contributed by atoms with E-state index in [1.807, 2.05) is 0 Å². The van der Waals surface area contributed by atoms with Crippen LogP contribution in [-0.2, 0) is 16.5 Å². The molecule has 23 heavy (non-hydrogen) atoms. The highest BCUT2D eigenvalue weighted by Crippen LogP contribution is 2.23. The van der Waals surface area contributed by atoms with Gasteiger partial charge >= 0.3 is 0 Å². The quantitative estimate of drug-likeness (QED) is 0.326. The Bertz CT molecular complexity index is 555. The third kappa shape index (κ3) is 8.87. The highest BCUT2D eigenvalue weighted by molar-refractivity contribution is 9.10. The molecule has 0 unspecified atom stereocenters. The Morgan fingerprint density at radius 3 is 1.91 bits per heavy atom. The maximum absolute atomic E-state index is 11.0. The zero-order valence-corrected chi connectivity index (χ0v) is 16.4. The lowest BCUT2D eigenvalue weighted by molar-refractivity contribution is 0.463. The molecule has 0 aromatic heterocycles. The van der Waals surface area contributed by atoms with Crippen molar-refractivity contribution in [3.05, 3.63) is 28.2 Å². The minimum Gasteiger partial charge on any atom is -0.744 e. The molecule has 0 fully saturated rings. The van der Waals surface area contributed by atoms with Gasteiger partial charge in [0.25, 0.3) is 0 Å². The molecule has 1 aromatic carbocycles. The predicted octanol–water partition coefficient (Wildman–Crippen LogP) is 5.82. The monoisotopic (exact) mass is 403 g/mol. The number of rotatable bonds is 12. The Labute approximate surface area is 149 Å². The lowest BCUT2D eigenvalue weighted by Crippen LogP contribution is -1.99. The van der Waals surface area contributed by atoms with Crippen LogP contribution in [0.3, 0.4) is 0 Å². The first-order valence-corrected chi connectivity index (χ1v) is 10.9. The average Bonchev–Trinajstić information content (AvgIpc) is 2.49. The maximum atomic E-state index is 11.0. The van der Waals surface area contributed by atoms with E-state index in [-0.39, 0.29) is 4.90 Å². The summed E-state index contributed by atoms with van der Waals surface area (Å²) in [5.74, 6) is 0. The first-order chi connectivity index (χ1) is 10.9. The zero-order chi connectivity index (χ0) is 17.1. The average molecular weight is 404 g/mol. The van der Waals surface area contributed by atoms with Crippen LogP contribution in [-0.4, -0.2) is 13.0 Å². The van der Waals surface area contributed by atoms with Gasteiger partial charge in [-0.15, -0.1) is 0 Å². The molecule has 1 aromatic rings. The van der Waals surface area contributed by atoms with Crippen molar-refractivity contribution in [2.24, 2.45) is 0 Å². The van der Waals surface area contributed by atoms with E-state index in [1.165, 1.54) is 69.9 Å². The standard InChI is InChI=1S/C18H29BrO3S/c1-2-3-4-5-6-7-8-9-10-11-12-16-13-14-17(15-18(16)19)23(20,21)22/h13-15H,2-12H2,1H3,(H,20,21,22)/p-1. The molecule has 0 bridgehead atoms. The summed E-state index contributed by atoms with van der Waals surface area (Å²) in [5, 5.41) is 0. The molecular formula is C18H28BrO3S-. The molecule has 3 nitrogen and oxygen atoms in total. The van der Waals surface area contributed by atoms with Crippen molar-refractivity contribution < 1.29 is 13.0 Å². The van der Waals surface area contributed by atoms with Crippen LogP contribution in [0.15, 0.2) is 27.6 Å². The summed E-state index contributed by atoms with van der Waals surface area (Å²) in [4.78, 5) is -0.170. The zero-order valence-electron chi connectivity index (χ0n) is 14.0.